The molecule has 1 saturated carbocycles. The first-order valence-corrected chi connectivity index (χ1v) is 8.62. The Bertz CT molecular complexity index is 312. The van der Waals surface area contributed by atoms with E-state index in [2.05, 4.69) is 31.0 Å². The van der Waals surface area contributed by atoms with Crippen molar-refractivity contribution in [2.45, 2.75) is 58.6 Å². The second-order valence-corrected chi connectivity index (χ2v) is 8.36. The smallest absolute Gasteiger partial charge is 0.0571 e. The summed E-state index contributed by atoms with van der Waals surface area (Å²) in [5, 5.41) is 23.1. The molecule has 0 aromatic rings. The maximum absolute atomic E-state index is 10.2. The lowest BCUT2D eigenvalue weighted by atomic mass is 9.87. The molecular formula is C17H34N2O2. The summed E-state index contributed by atoms with van der Waals surface area (Å²) in [6.07, 6.45) is 4.40. The molecular weight excluding hydrogens is 264 g/mol. The van der Waals surface area contributed by atoms with Crippen LogP contribution in [-0.4, -0.2) is 60.0 Å². The van der Waals surface area contributed by atoms with E-state index in [1.165, 1.54) is 12.8 Å². The van der Waals surface area contributed by atoms with Crippen molar-refractivity contribution in [2.24, 2.45) is 17.3 Å². The monoisotopic (exact) mass is 298 g/mol. The Morgan fingerprint density at radius 1 is 1.24 bits per heavy atom. The molecule has 1 saturated heterocycles. The van der Waals surface area contributed by atoms with Crippen LogP contribution < -0.4 is 5.32 Å². The van der Waals surface area contributed by atoms with Gasteiger partial charge in [0, 0.05) is 32.2 Å². The fraction of sp³-hybridized carbons (Fsp3) is 1.00. The SMILES string of the molecule is CC(C)(C)CNC1CC(CC(O)C2CC2)CN(CCO)C1. The number of likely N-dealkylation sites (tertiary alicyclic amines) is 1. The summed E-state index contributed by atoms with van der Waals surface area (Å²) in [5.74, 6) is 1.12. The van der Waals surface area contributed by atoms with Crippen LogP contribution in [0.2, 0.25) is 0 Å². The first kappa shape index (κ1) is 17.2. The minimum Gasteiger partial charge on any atom is -0.395 e. The fourth-order valence-electron chi connectivity index (χ4n) is 3.41. The van der Waals surface area contributed by atoms with Crippen LogP contribution in [-0.2, 0) is 0 Å². The molecule has 3 N–H and O–H groups in total. The van der Waals surface area contributed by atoms with E-state index in [0.717, 1.165) is 39.0 Å². The number of aliphatic hydroxyl groups excluding tert-OH is 2. The standard InChI is InChI=1S/C17H34N2O2/c1-17(2,3)12-18-15-8-13(9-16(21)14-4-5-14)10-19(11-15)6-7-20/h13-16,18,20-21H,4-12H2,1-3H3. The predicted octanol–water partition coefficient (Wildman–Crippen LogP) is 1.47. The molecule has 0 amide bonds. The second kappa shape index (κ2) is 7.40. The van der Waals surface area contributed by atoms with Crippen molar-refractivity contribution in [2.75, 3.05) is 32.8 Å². The number of nitrogens with zero attached hydrogens (tertiary/aromatic N) is 1. The molecule has 21 heavy (non-hydrogen) atoms. The number of hydrogen-bond donors (Lipinski definition) is 3. The van der Waals surface area contributed by atoms with Gasteiger partial charge in [0.1, 0.15) is 0 Å². The van der Waals surface area contributed by atoms with Gasteiger partial charge in [-0.25, -0.2) is 0 Å². The molecule has 4 nitrogen and oxygen atoms in total. The minimum atomic E-state index is -0.104. The summed E-state index contributed by atoms with van der Waals surface area (Å²) in [5.41, 5.74) is 0.294. The highest BCUT2D eigenvalue weighted by molar-refractivity contribution is 4.89. The first-order valence-electron chi connectivity index (χ1n) is 8.62. The Morgan fingerprint density at radius 3 is 2.52 bits per heavy atom. The van der Waals surface area contributed by atoms with Gasteiger partial charge in [-0.15, -0.1) is 0 Å². The van der Waals surface area contributed by atoms with Gasteiger partial charge in [-0.2, -0.15) is 0 Å². The van der Waals surface area contributed by atoms with Crippen molar-refractivity contribution in [3.8, 4) is 0 Å². The van der Waals surface area contributed by atoms with Crippen LogP contribution in [0.1, 0.15) is 46.5 Å². The van der Waals surface area contributed by atoms with Crippen molar-refractivity contribution in [3.63, 3.8) is 0 Å². The summed E-state index contributed by atoms with van der Waals surface area (Å²) < 4.78 is 0. The molecule has 0 radical (unpaired) electrons. The van der Waals surface area contributed by atoms with Gasteiger partial charge in [0.05, 0.1) is 12.7 Å². The molecule has 1 aliphatic carbocycles. The number of hydrogen-bond acceptors (Lipinski definition) is 4. The number of aliphatic hydroxyl groups is 2. The Labute approximate surface area is 129 Å². The van der Waals surface area contributed by atoms with Crippen LogP contribution in [0.15, 0.2) is 0 Å². The molecule has 0 bridgehead atoms. The lowest BCUT2D eigenvalue weighted by Gasteiger charge is -2.39. The summed E-state index contributed by atoms with van der Waals surface area (Å²) in [7, 11) is 0. The van der Waals surface area contributed by atoms with Crippen LogP contribution in [0.5, 0.6) is 0 Å². The van der Waals surface area contributed by atoms with E-state index in [-0.39, 0.29) is 12.7 Å². The van der Waals surface area contributed by atoms with E-state index >= 15 is 0 Å². The first-order chi connectivity index (χ1) is 9.87. The van der Waals surface area contributed by atoms with Crippen molar-refractivity contribution < 1.29 is 10.2 Å². The topological polar surface area (TPSA) is 55.7 Å². The maximum atomic E-state index is 10.2. The Balaban J connectivity index is 1.84. The molecule has 2 aliphatic rings. The van der Waals surface area contributed by atoms with Crippen LogP contribution in [0, 0.1) is 17.3 Å². The summed E-state index contributed by atoms with van der Waals surface area (Å²) in [6, 6.07) is 0.487. The third-order valence-electron chi connectivity index (χ3n) is 4.69. The average Bonchev–Trinajstić information content (AvgIpc) is 3.20. The zero-order valence-corrected chi connectivity index (χ0v) is 14.0. The summed E-state index contributed by atoms with van der Waals surface area (Å²) in [6.45, 7) is 10.8. The number of nitrogens with one attached hydrogen (secondary N) is 1. The Hall–Kier alpha value is -0.160. The molecule has 2 rings (SSSR count). The Morgan fingerprint density at radius 2 is 1.95 bits per heavy atom. The van der Waals surface area contributed by atoms with Crippen LogP contribution in [0.4, 0.5) is 0 Å². The molecule has 0 spiro atoms. The summed E-state index contributed by atoms with van der Waals surface area (Å²) in [4.78, 5) is 2.36. The predicted molar refractivity (Wildman–Crippen MR) is 86.2 cm³/mol. The normalized spacial score (nSPS) is 29.6. The van der Waals surface area contributed by atoms with Gasteiger partial charge in [0.2, 0.25) is 0 Å². The van der Waals surface area contributed by atoms with E-state index in [9.17, 15) is 10.2 Å². The zero-order valence-electron chi connectivity index (χ0n) is 14.0. The number of β-amino-alcohol motifs (C(OH)–C–C–N with tert-alkyl or cyclic N) is 1. The molecule has 2 fully saturated rings. The van der Waals surface area contributed by atoms with Crippen LogP contribution in [0.25, 0.3) is 0 Å². The van der Waals surface area contributed by atoms with Crippen molar-refractivity contribution in [1.82, 2.24) is 10.2 Å². The largest absolute Gasteiger partial charge is 0.395 e. The molecule has 0 aromatic heterocycles. The van der Waals surface area contributed by atoms with Gasteiger partial charge in [0.15, 0.2) is 0 Å². The highest BCUT2D eigenvalue weighted by atomic mass is 16.3. The molecule has 0 aromatic carbocycles. The molecule has 4 heteroatoms. The highest BCUT2D eigenvalue weighted by Gasteiger charge is 2.34. The van der Waals surface area contributed by atoms with Gasteiger partial charge in [-0.05, 0) is 42.9 Å². The molecule has 1 heterocycles. The fourth-order valence-corrected chi connectivity index (χ4v) is 3.41. The van der Waals surface area contributed by atoms with Crippen LogP contribution >= 0.6 is 0 Å². The number of rotatable bonds is 7. The lowest BCUT2D eigenvalue weighted by molar-refractivity contribution is 0.0657. The second-order valence-electron chi connectivity index (χ2n) is 8.36. The van der Waals surface area contributed by atoms with Crippen LogP contribution in [0.3, 0.4) is 0 Å². The minimum absolute atomic E-state index is 0.104. The molecule has 124 valence electrons. The van der Waals surface area contributed by atoms with Gasteiger partial charge >= 0.3 is 0 Å². The van der Waals surface area contributed by atoms with Crippen molar-refractivity contribution in [1.29, 1.82) is 0 Å². The van der Waals surface area contributed by atoms with Gasteiger partial charge in [0.25, 0.3) is 0 Å². The maximum Gasteiger partial charge on any atom is 0.0571 e. The molecule has 3 unspecified atom stereocenters. The van der Waals surface area contributed by atoms with Crippen molar-refractivity contribution in [3.05, 3.63) is 0 Å². The number of piperidine rings is 1. The lowest BCUT2D eigenvalue weighted by Crippen LogP contribution is -2.51. The zero-order chi connectivity index (χ0) is 15.5. The Kier molecular flexibility index (Phi) is 6.06. The van der Waals surface area contributed by atoms with E-state index < -0.39 is 0 Å². The van der Waals surface area contributed by atoms with E-state index in [1.807, 2.05) is 0 Å². The molecule has 1 aliphatic heterocycles. The van der Waals surface area contributed by atoms with Gasteiger partial charge in [-0.3, -0.25) is 4.90 Å². The molecule has 3 atom stereocenters. The van der Waals surface area contributed by atoms with E-state index in [4.69, 9.17) is 0 Å². The summed E-state index contributed by atoms with van der Waals surface area (Å²) >= 11 is 0. The highest BCUT2D eigenvalue weighted by Crippen LogP contribution is 2.36. The van der Waals surface area contributed by atoms with E-state index in [0.29, 0.717) is 23.3 Å². The van der Waals surface area contributed by atoms with E-state index in [1.54, 1.807) is 0 Å². The van der Waals surface area contributed by atoms with Crippen molar-refractivity contribution >= 4 is 0 Å². The quantitative estimate of drug-likeness (QED) is 0.666. The third-order valence-corrected chi connectivity index (χ3v) is 4.69. The van der Waals surface area contributed by atoms with Gasteiger partial charge in [-0.1, -0.05) is 20.8 Å². The van der Waals surface area contributed by atoms with Gasteiger partial charge < -0.3 is 15.5 Å². The average molecular weight is 298 g/mol. The third kappa shape index (κ3) is 6.23.